The molecule has 5 N–H and O–H groups in total. The van der Waals surface area contributed by atoms with Gasteiger partial charge in [-0.1, -0.05) is 6.58 Å². The lowest BCUT2D eigenvalue weighted by Crippen LogP contribution is -2.48. The summed E-state index contributed by atoms with van der Waals surface area (Å²) in [4.78, 5) is 57.6. The first kappa shape index (κ1) is 17.4. The van der Waals surface area contributed by atoms with E-state index in [4.69, 9.17) is 5.73 Å². The summed E-state index contributed by atoms with van der Waals surface area (Å²) in [6.45, 7) is 4.53. The van der Waals surface area contributed by atoms with Crippen molar-refractivity contribution < 1.29 is 9.59 Å². The van der Waals surface area contributed by atoms with Crippen molar-refractivity contribution in [3.05, 3.63) is 45.1 Å². The van der Waals surface area contributed by atoms with E-state index in [0.29, 0.717) is 18.9 Å². The fourth-order valence-corrected chi connectivity index (χ4v) is 3.06. The predicted octanol–water partition coefficient (Wildman–Crippen LogP) is -1.02. The summed E-state index contributed by atoms with van der Waals surface area (Å²) in [5.74, 6) is -0.640. The van der Waals surface area contributed by atoms with E-state index in [2.05, 4.69) is 26.8 Å². The maximum atomic E-state index is 11.8. The van der Waals surface area contributed by atoms with Gasteiger partial charge in [-0.05, 0) is 18.9 Å². The van der Waals surface area contributed by atoms with Crippen molar-refractivity contribution in [1.29, 1.82) is 0 Å². The Bertz CT molecular complexity index is 1010. The molecule has 1 saturated heterocycles. The number of aromatic amines is 2. The molecule has 0 saturated carbocycles. The predicted molar refractivity (Wildman–Crippen MR) is 95.1 cm³/mol. The van der Waals surface area contributed by atoms with Crippen LogP contribution >= 0.6 is 0 Å². The SMILES string of the molecule is C=CC(=O)N[C@H]1CCCN(c2ncc(C(N)=O)c3[nH]c(=O)c(=O)[nH]c23)C1. The number of nitrogens with two attached hydrogens (primary N) is 1. The van der Waals surface area contributed by atoms with Crippen LogP contribution < -0.4 is 27.1 Å². The molecule has 3 rings (SSSR count). The minimum absolute atomic E-state index is 0.00520. The largest absolute Gasteiger partial charge is 0.365 e. The van der Waals surface area contributed by atoms with Gasteiger partial charge in [0.15, 0.2) is 5.82 Å². The third-order valence-electron chi connectivity index (χ3n) is 4.26. The van der Waals surface area contributed by atoms with E-state index in [1.165, 1.54) is 12.3 Å². The second kappa shape index (κ2) is 6.82. The quantitative estimate of drug-likeness (QED) is 0.405. The van der Waals surface area contributed by atoms with Gasteiger partial charge in [0.05, 0.1) is 11.1 Å². The first-order valence-corrected chi connectivity index (χ1v) is 8.03. The lowest BCUT2D eigenvalue weighted by Gasteiger charge is -2.34. The number of piperidine rings is 1. The van der Waals surface area contributed by atoms with E-state index in [9.17, 15) is 19.2 Å². The Morgan fingerprint density at radius 1 is 1.31 bits per heavy atom. The van der Waals surface area contributed by atoms with Gasteiger partial charge >= 0.3 is 11.1 Å². The molecule has 0 aromatic carbocycles. The zero-order valence-corrected chi connectivity index (χ0v) is 13.9. The molecule has 1 fully saturated rings. The number of pyridine rings is 1. The fourth-order valence-electron chi connectivity index (χ4n) is 3.06. The minimum Gasteiger partial charge on any atom is -0.365 e. The molecule has 1 atom stereocenters. The number of primary amides is 1. The maximum Gasteiger partial charge on any atom is 0.314 e. The van der Waals surface area contributed by atoms with Crippen molar-refractivity contribution in [2.45, 2.75) is 18.9 Å². The highest BCUT2D eigenvalue weighted by atomic mass is 16.2. The summed E-state index contributed by atoms with van der Waals surface area (Å²) in [5, 5.41) is 2.84. The number of anilines is 1. The standard InChI is InChI=1S/C16H18N6O4/c1-2-10(23)19-8-4-3-5-22(7-8)14-12-11(9(6-18-14)13(17)24)20-15(25)16(26)21-12/h2,6,8H,1,3-5,7H2,(H2,17,24)(H,19,23)(H,20,25)(H,21,26)/t8-/m0/s1. The van der Waals surface area contributed by atoms with Crippen molar-refractivity contribution in [3.63, 3.8) is 0 Å². The van der Waals surface area contributed by atoms with E-state index in [0.717, 1.165) is 12.8 Å². The zero-order chi connectivity index (χ0) is 18.8. The topological polar surface area (TPSA) is 154 Å². The second-order valence-corrected chi connectivity index (χ2v) is 6.02. The number of fused-ring (bicyclic) bond motifs is 1. The third-order valence-corrected chi connectivity index (χ3v) is 4.26. The molecule has 0 unspecified atom stereocenters. The van der Waals surface area contributed by atoms with E-state index in [-0.39, 0.29) is 28.5 Å². The minimum atomic E-state index is -0.882. The highest BCUT2D eigenvalue weighted by molar-refractivity contribution is 6.05. The Kier molecular flexibility index (Phi) is 4.57. The summed E-state index contributed by atoms with van der Waals surface area (Å²) in [5.41, 5.74) is 3.95. The third kappa shape index (κ3) is 3.21. The van der Waals surface area contributed by atoms with Crippen LogP contribution in [0.4, 0.5) is 5.82 Å². The van der Waals surface area contributed by atoms with Gasteiger partial charge in [-0.2, -0.15) is 0 Å². The average molecular weight is 358 g/mol. The molecule has 1 aliphatic heterocycles. The Morgan fingerprint density at radius 2 is 2.00 bits per heavy atom. The summed E-state index contributed by atoms with van der Waals surface area (Å²) in [6, 6.07) is -0.114. The molecule has 0 bridgehead atoms. The summed E-state index contributed by atoms with van der Waals surface area (Å²) >= 11 is 0. The number of carbonyl (C=O) groups excluding carboxylic acids is 2. The summed E-state index contributed by atoms with van der Waals surface area (Å²) in [6.07, 6.45) is 4.05. The van der Waals surface area contributed by atoms with Crippen LogP contribution in [0.1, 0.15) is 23.2 Å². The van der Waals surface area contributed by atoms with Crippen LogP contribution in [0.15, 0.2) is 28.4 Å². The Hall–Kier alpha value is -3.43. The Morgan fingerprint density at radius 3 is 2.65 bits per heavy atom. The van der Waals surface area contributed by atoms with Crippen LogP contribution in [0.2, 0.25) is 0 Å². The van der Waals surface area contributed by atoms with Crippen molar-refractivity contribution in [1.82, 2.24) is 20.3 Å². The smallest absolute Gasteiger partial charge is 0.314 e. The van der Waals surface area contributed by atoms with Crippen LogP contribution in [-0.4, -0.2) is 45.9 Å². The number of nitrogens with one attached hydrogen (secondary N) is 3. The van der Waals surface area contributed by atoms with Crippen molar-refractivity contribution >= 4 is 28.7 Å². The molecular weight excluding hydrogens is 340 g/mol. The van der Waals surface area contributed by atoms with Crippen molar-refractivity contribution in [3.8, 4) is 0 Å². The first-order valence-electron chi connectivity index (χ1n) is 8.03. The summed E-state index contributed by atoms with van der Waals surface area (Å²) < 4.78 is 0. The molecule has 2 amide bonds. The van der Waals surface area contributed by atoms with Crippen LogP contribution in [0, 0.1) is 0 Å². The number of hydrogen-bond acceptors (Lipinski definition) is 6. The van der Waals surface area contributed by atoms with Crippen LogP contribution in [0.25, 0.3) is 11.0 Å². The van der Waals surface area contributed by atoms with Crippen LogP contribution in [-0.2, 0) is 4.79 Å². The molecule has 10 nitrogen and oxygen atoms in total. The zero-order valence-electron chi connectivity index (χ0n) is 13.9. The molecule has 0 radical (unpaired) electrons. The average Bonchev–Trinajstić information content (AvgIpc) is 2.61. The van der Waals surface area contributed by atoms with Gasteiger partial charge in [0, 0.05) is 25.3 Å². The van der Waals surface area contributed by atoms with E-state index in [1.54, 1.807) is 0 Å². The van der Waals surface area contributed by atoms with E-state index in [1.807, 2.05) is 4.90 Å². The van der Waals surface area contributed by atoms with Gasteiger partial charge < -0.3 is 25.9 Å². The first-order chi connectivity index (χ1) is 12.4. The van der Waals surface area contributed by atoms with Crippen molar-refractivity contribution in [2.24, 2.45) is 5.73 Å². The number of amides is 2. The number of rotatable bonds is 4. The van der Waals surface area contributed by atoms with Crippen molar-refractivity contribution in [2.75, 3.05) is 18.0 Å². The van der Waals surface area contributed by atoms with Crippen LogP contribution in [0.5, 0.6) is 0 Å². The summed E-state index contributed by atoms with van der Waals surface area (Å²) in [7, 11) is 0. The van der Waals surface area contributed by atoms with E-state index < -0.39 is 17.0 Å². The molecule has 0 aliphatic carbocycles. The lowest BCUT2D eigenvalue weighted by molar-refractivity contribution is -0.117. The van der Waals surface area contributed by atoms with Gasteiger partial charge in [-0.25, -0.2) is 4.98 Å². The number of hydrogen-bond donors (Lipinski definition) is 4. The van der Waals surface area contributed by atoms with Gasteiger partial charge in [0.1, 0.15) is 5.52 Å². The molecule has 136 valence electrons. The van der Waals surface area contributed by atoms with Gasteiger partial charge in [-0.15, -0.1) is 0 Å². The maximum absolute atomic E-state index is 11.8. The molecule has 26 heavy (non-hydrogen) atoms. The molecule has 3 heterocycles. The second-order valence-electron chi connectivity index (χ2n) is 6.02. The highest BCUT2D eigenvalue weighted by Gasteiger charge is 2.25. The lowest BCUT2D eigenvalue weighted by atomic mass is 10.1. The van der Waals surface area contributed by atoms with Gasteiger partial charge in [0.25, 0.3) is 5.91 Å². The molecular formula is C16H18N6O4. The molecule has 2 aromatic rings. The Balaban J connectivity index is 2.06. The normalized spacial score (nSPS) is 17.1. The molecule has 2 aromatic heterocycles. The highest BCUT2D eigenvalue weighted by Crippen LogP contribution is 2.25. The fraction of sp³-hybridized carbons (Fsp3) is 0.312. The number of carbonyl (C=O) groups is 2. The van der Waals surface area contributed by atoms with E-state index >= 15 is 0 Å². The molecule has 10 heteroatoms. The monoisotopic (exact) mass is 358 g/mol. The Labute approximate surface area is 147 Å². The van der Waals surface area contributed by atoms with Crippen LogP contribution in [0.3, 0.4) is 0 Å². The van der Waals surface area contributed by atoms with Gasteiger partial charge in [-0.3, -0.25) is 19.2 Å². The number of H-pyrrole nitrogens is 2. The molecule has 0 spiro atoms. The van der Waals surface area contributed by atoms with Gasteiger partial charge in [0.2, 0.25) is 5.91 Å². The number of nitrogens with zero attached hydrogens (tertiary/aromatic N) is 2. The molecule has 1 aliphatic rings. The number of aromatic nitrogens is 3.